The van der Waals surface area contributed by atoms with Crippen molar-refractivity contribution in [2.75, 3.05) is 6.54 Å². The summed E-state index contributed by atoms with van der Waals surface area (Å²) in [5.41, 5.74) is 5.91. The predicted octanol–water partition coefficient (Wildman–Crippen LogP) is 4.00. The van der Waals surface area contributed by atoms with Crippen LogP contribution in [0.3, 0.4) is 0 Å². The number of nitrogens with zero attached hydrogens (tertiary/aromatic N) is 1. The van der Waals surface area contributed by atoms with Gasteiger partial charge in [-0.2, -0.15) is 0 Å². The quantitative estimate of drug-likeness (QED) is 0.398. The Bertz CT molecular complexity index is 199. The second-order valence-electron chi connectivity index (χ2n) is 6.11. The molecule has 96 valence electrons. The highest BCUT2D eigenvalue weighted by Crippen LogP contribution is 2.13. The molecule has 0 spiro atoms. The van der Waals surface area contributed by atoms with Crippen LogP contribution in [0.1, 0.15) is 66.7 Å². The fourth-order valence-electron chi connectivity index (χ4n) is 1.45. The van der Waals surface area contributed by atoms with Gasteiger partial charge in [-0.1, -0.05) is 60.3 Å². The minimum atomic E-state index is 0.0254. The van der Waals surface area contributed by atoms with Crippen molar-refractivity contribution >= 4 is 5.84 Å². The average Bonchev–Trinajstić information content (AvgIpc) is 2.14. The van der Waals surface area contributed by atoms with Crippen LogP contribution in [0.5, 0.6) is 0 Å². The van der Waals surface area contributed by atoms with Gasteiger partial charge in [-0.25, -0.2) is 0 Å². The number of amidine groups is 1. The molecule has 0 saturated heterocycles. The zero-order valence-electron chi connectivity index (χ0n) is 11.8. The maximum Gasteiger partial charge on any atom is 0.0991 e. The second kappa shape index (κ2) is 7.70. The Morgan fingerprint density at radius 3 is 2.12 bits per heavy atom. The Hall–Kier alpha value is -0.530. The average molecular weight is 226 g/mol. The smallest absolute Gasteiger partial charge is 0.0991 e. The monoisotopic (exact) mass is 226 g/mol. The molecule has 0 atom stereocenters. The van der Waals surface area contributed by atoms with Crippen molar-refractivity contribution in [3.63, 3.8) is 0 Å². The van der Waals surface area contributed by atoms with Crippen molar-refractivity contribution < 1.29 is 0 Å². The molecule has 0 rings (SSSR count). The lowest BCUT2D eigenvalue weighted by molar-refractivity contribution is 0.520. The molecule has 0 aliphatic rings. The number of hydrogen-bond donors (Lipinski definition) is 1. The van der Waals surface area contributed by atoms with E-state index < -0.39 is 0 Å². The number of unbranched alkanes of at least 4 members (excludes halogenated alkanes) is 3. The lowest BCUT2D eigenvalue weighted by atomic mass is 9.95. The molecule has 0 aliphatic carbocycles. The minimum Gasteiger partial charge on any atom is -0.387 e. The number of rotatable bonds is 7. The Labute approximate surface area is 102 Å². The highest BCUT2D eigenvalue weighted by atomic mass is 14.9. The van der Waals surface area contributed by atoms with E-state index in [2.05, 4.69) is 39.6 Å². The van der Waals surface area contributed by atoms with Crippen molar-refractivity contribution in [3.05, 3.63) is 0 Å². The van der Waals surface area contributed by atoms with E-state index >= 15 is 0 Å². The fraction of sp³-hybridized carbons (Fsp3) is 0.929. The van der Waals surface area contributed by atoms with E-state index in [0.717, 1.165) is 18.3 Å². The highest BCUT2D eigenvalue weighted by molar-refractivity contribution is 5.85. The van der Waals surface area contributed by atoms with Crippen molar-refractivity contribution in [2.45, 2.75) is 66.7 Å². The SMILES string of the molecule is CC(C)CCCCCCN=C(N)C(C)(C)C. The van der Waals surface area contributed by atoms with Gasteiger partial charge in [0.1, 0.15) is 0 Å². The first-order valence-electron chi connectivity index (χ1n) is 6.64. The molecule has 0 fully saturated rings. The van der Waals surface area contributed by atoms with Gasteiger partial charge >= 0.3 is 0 Å². The molecule has 0 aromatic rings. The first-order chi connectivity index (χ1) is 7.34. The van der Waals surface area contributed by atoms with Crippen molar-refractivity contribution in [1.29, 1.82) is 0 Å². The standard InChI is InChI=1S/C14H30N2/c1-12(2)10-8-6-7-9-11-16-13(15)14(3,4)5/h12H,6-11H2,1-5H3,(H2,15,16). The van der Waals surface area contributed by atoms with E-state index in [0.29, 0.717) is 0 Å². The summed E-state index contributed by atoms with van der Waals surface area (Å²) in [5.74, 6) is 1.63. The van der Waals surface area contributed by atoms with Crippen molar-refractivity contribution in [1.82, 2.24) is 0 Å². The molecule has 2 N–H and O–H groups in total. The summed E-state index contributed by atoms with van der Waals surface area (Å²) in [6.45, 7) is 11.8. The van der Waals surface area contributed by atoms with Gasteiger partial charge in [0.25, 0.3) is 0 Å². The van der Waals surface area contributed by atoms with Crippen molar-refractivity contribution in [3.8, 4) is 0 Å². The summed E-state index contributed by atoms with van der Waals surface area (Å²) >= 11 is 0. The van der Waals surface area contributed by atoms with E-state index in [9.17, 15) is 0 Å². The largest absolute Gasteiger partial charge is 0.387 e. The van der Waals surface area contributed by atoms with Gasteiger partial charge in [0.2, 0.25) is 0 Å². The number of nitrogens with two attached hydrogens (primary N) is 1. The van der Waals surface area contributed by atoms with Crippen LogP contribution < -0.4 is 5.73 Å². The Balaban J connectivity index is 3.47. The number of hydrogen-bond acceptors (Lipinski definition) is 1. The maximum atomic E-state index is 5.88. The fourth-order valence-corrected chi connectivity index (χ4v) is 1.45. The highest BCUT2D eigenvalue weighted by Gasteiger charge is 2.14. The molecule has 0 aromatic carbocycles. The van der Waals surface area contributed by atoms with Gasteiger partial charge in [0.15, 0.2) is 0 Å². The van der Waals surface area contributed by atoms with E-state index in [1.807, 2.05) is 0 Å². The van der Waals surface area contributed by atoms with Crippen LogP contribution in [-0.2, 0) is 0 Å². The molecule has 0 bridgehead atoms. The van der Waals surface area contributed by atoms with Crippen molar-refractivity contribution in [2.24, 2.45) is 22.1 Å². The molecule has 0 unspecified atom stereocenters. The molecular weight excluding hydrogens is 196 g/mol. The summed E-state index contributed by atoms with van der Waals surface area (Å²) in [6, 6.07) is 0. The summed E-state index contributed by atoms with van der Waals surface area (Å²) in [4.78, 5) is 4.42. The Kier molecular flexibility index (Phi) is 7.44. The van der Waals surface area contributed by atoms with Crippen LogP contribution >= 0.6 is 0 Å². The molecule has 0 saturated carbocycles. The van der Waals surface area contributed by atoms with Crippen LogP contribution in [-0.4, -0.2) is 12.4 Å². The first-order valence-corrected chi connectivity index (χ1v) is 6.64. The third-order valence-corrected chi connectivity index (χ3v) is 2.74. The van der Waals surface area contributed by atoms with E-state index in [4.69, 9.17) is 5.73 Å². The molecule has 0 aromatic heterocycles. The first kappa shape index (κ1) is 15.5. The zero-order valence-corrected chi connectivity index (χ0v) is 11.8. The maximum absolute atomic E-state index is 5.88. The molecule has 0 aliphatic heterocycles. The summed E-state index contributed by atoms with van der Waals surface area (Å²) in [6.07, 6.45) is 6.51. The molecule has 2 heteroatoms. The third-order valence-electron chi connectivity index (χ3n) is 2.74. The third kappa shape index (κ3) is 8.75. The normalized spacial score (nSPS) is 13.5. The molecule has 0 radical (unpaired) electrons. The number of aliphatic imine (C=N–C) groups is 1. The topological polar surface area (TPSA) is 38.4 Å². The second-order valence-corrected chi connectivity index (χ2v) is 6.11. The van der Waals surface area contributed by atoms with E-state index in [-0.39, 0.29) is 5.41 Å². The van der Waals surface area contributed by atoms with Gasteiger partial charge in [-0.15, -0.1) is 0 Å². The Morgan fingerprint density at radius 1 is 1.06 bits per heavy atom. The lowest BCUT2D eigenvalue weighted by Crippen LogP contribution is -2.29. The summed E-state index contributed by atoms with van der Waals surface area (Å²) < 4.78 is 0. The summed E-state index contributed by atoms with van der Waals surface area (Å²) in [7, 11) is 0. The van der Waals surface area contributed by atoms with Gasteiger partial charge in [-0.3, -0.25) is 4.99 Å². The van der Waals surface area contributed by atoms with Crippen LogP contribution in [0.4, 0.5) is 0 Å². The summed E-state index contributed by atoms with van der Waals surface area (Å²) in [5, 5.41) is 0. The van der Waals surface area contributed by atoms with Crippen LogP contribution in [0.2, 0.25) is 0 Å². The molecule has 0 heterocycles. The molecule has 2 nitrogen and oxygen atoms in total. The van der Waals surface area contributed by atoms with Crippen LogP contribution in [0, 0.1) is 11.3 Å². The molecule has 16 heavy (non-hydrogen) atoms. The predicted molar refractivity (Wildman–Crippen MR) is 73.9 cm³/mol. The molecular formula is C14H30N2. The van der Waals surface area contributed by atoms with E-state index in [1.165, 1.54) is 32.1 Å². The van der Waals surface area contributed by atoms with Crippen LogP contribution in [0.15, 0.2) is 4.99 Å². The minimum absolute atomic E-state index is 0.0254. The van der Waals surface area contributed by atoms with Crippen LogP contribution in [0.25, 0.3) is 0 Å². The van der Waals surface area contributed by atoms with E-state index in [1.54, 1.807) is 0 Å². The Morgan fingerprint density at radius 2 is 1.62 bits per heavy atom. The molecule has 0 amide bonds. The van der Waals surface area contributed by atoms with Gasteiger partial charge in [-0.05, 0) is 12.3 Å². The van der Waals surface area contributed by atoms with Gasteiger partial charge < -0.3 is 5.73 Å². The zero-order chi connectivity index (χ0) is 12.6. The van der Waals surface area contributed by atoms with Gasteiger partial charge in [0.05, 0.1) is 5.84 Å². The lowest BCUT2D eigenvalue weighted by Gasteiger charge is -2.17. The van der Waals surface area contributed by atoms with Gasteiger partial charge in [0, 0.05) is 12.0 Å².